The van der Waals surface area contributed by atoms with E-state index in [1.165, 1.54) is 23.5 Å². The molecule has 1 aliphatic heterocycles. The van der Waals surface area contributed by atoms with Crippen LogP contribution < -0.4 is 4.74 Å². The van der Waals surface area contributed by atoms with Crippen molar-refractivity contribution in [3.05, 3.63) is 24.3 Å². The van der Waals surface area contributed by atoms with Gasteiger partial charge in [0.15, 0.2) is 0 Å². The highest BCUT2D eigenvalue weighted by atomic mass is 32.2. The summed E-state index contributed by atoms with van der Waals surface area (Å²) < 4.78 is 37.2. The van der Waals surface area contributed by atoms with E-state index in [1.807, 2.05) is 13.8 Å². The van der Waals surface area contributed by atoms with Gasteiger partial charge in [0.05, 0.1) is 24.5 Å². The third-order valence-electron chi connectivity index (χ3n) is 3.97. The van der Waals surface area contributed by atoms with Crippen LogP contribution in [0.15, 0.2) is 29.2 Å². The summed E-state index contributed by atoms with van der Waals surface area (Å²) in [6.07, 6.45) is 1.31. The summed E-state index contributed by atoms with van der Waals surface area (Å²) in [7, 11) is -2.09. The van der Waals surface area contributed by atoms with Gasteiger partial charge in [-0.1, -0.05) is 13.8 Å². The fraction of sp³-hybridized carbons (Fsp3) is 0.588. The molecule has 0 radical (unpaired) electrons. The van der Waals surface area contributed by atoms with Gasteiger partial charge in [0.1, 0.15) is 5.75 Å². The Morgan fingerprint density at radius 1 is 1.29 bits per heavy atom. The summed E-state index contributed by atoms with van der Waals surface area (Å²) in [5.41, 5.74) is 0. The van der Waals surface area contributed by atoms with Crippen molar-refractivity contribution >= 4 is 16.0 Å². The average Bonchev–Trinajstić information content (AvgIpc) is 2.59. The van der Waals surface area contributed by atoms with Crippen molar-refractivity contribution in [1.29, 1.82) is 0 Å². The number of carbonyl (C=O) groups is 1. The Labute approximate surface area is 143 Å². The van der Waals surface area contributed by atoms with Gasteiger partial charge in [-0.2, -0.15) is 4.31 Å². The molecule has 0 amide bonds. The highest BCUT2D eigenvalue weighted by molar-refractivity contribution is 7.89. The van der Waals surface area contributed by atoms with E-state index >= 15 is 0 Å². The van der Waals surface area contributed by atoms with E-state index < -0.39 is 15.9 Å². The summed E-state index contributed by atoms with van der Waals surface area (Å²) in [5.74, 6) is 0.156. The van der Waals surface area contributed by atoms with E-state index in [4.69, 9.17) is 9.47 Å². The van der Waals surface area contributed by atoms with Gasteiger partial charge in [0.25, 0.3) is 0 Å². The number of nitrogens with zero attached hydrogens (tertiary/aromatic N) is 1. The number of piperidine rings is 1. The van der Waals surface area contributed by atoms with Gasteiger partial charge in [0, 0.05) is 13.1 Å². The van der Waals surface area contributed by atoms with Crippen LogP contribution in [0.4, 0.5) is 0 Å². The van der Waals surface area contributed by atoms with Crippen molar-refractivity contribution < 1.29 is 22.7 Å². The molecule has 24 heavy (non-hydrogen) atoms. The number of ether oxygens (including phenoxy) is 2. The Balaban J connectivity index is 2.08. The third-order valence-corrected chi connectivity index (χ3v) is 5.85. The Bertz CT molecular complexity index is 654. The molecule has 0 saturated carbocycles. The SMILES string of the molecule is COc1ccc(S(=O)(=O)N2CCCC(C(=O)OCC(C)C)C2)cc1. The molecule has 6 nitrogen and oxygen atoms in total. The first kappa shape index (κ1) is 18.7. The second-order valence-corrected chi connectivity index (χ2v) is 8.34. The molecule has 7 heteroatoms. The van der Waals surface area contributed by atoms with Crippen LogP contribution in [-0.2, 0) is 19.6 Å². The minimum absolute atomic E-state index is 0.172. The lowest BCUT2D eigenvalue weighted by atomic mass is 10.00. The first-order valence-electron chi connectivity index (χ1n) is 8.15. The van der Waals surface area contributed by atoms with Crippen LogP contribution >= 0.6 is 0 Å². The Hall–Kier alpha value is -1.60. The van der Waals surface area contributed by atoms with Gasteiger partial charge in [-0.05, 0) is 43.0 Å². The predicted octanol–water partition coefficient (Wildman–Crippen LogP) is 2.30. The van der Waals surface area contributed by atoms with Crippen molar-refractivity contribution in [2.24, 2.45) is 11.8 Å². The Morgan fingerprint density at radius 3 is 2.54 bits per heavy atom. The lowest BCUT2D eigenvalue weighted by Crippen LogP contribution is -2.42. The van der Waals surface area contributed by atoms with E-state index in [9.17, 15) is 13.2 Å². The molecule has 1 unspecified atom stereocenters. The van der Waals surface area contributed by atoms with Crippen molar-refractivity contribution in [2.75, 3.05) is 26.8 Å². The lowest BCUT2D eigenvalue weighted by Gasteiger charge is -2.30. The Kier molecular flexibility index (Phi) is 6.23. The monoisotopic (exact) mass is 355 g/mol. The van der Waals surface area contributed by atoms with E-state index in [1.54, 1.807) is 12.1 Å². The topological polar surface area (TPSA) is 72.9 Å². The zero-order valence-corrected chi connectivity index (χ0v) is 15.2. The summed E-state index contributed by atoms with van der Waals surface area (Å²) in [4.78, 5) is 12.3. The molecule has 1 aliphatic rings. The second kappa shape index (κ2) is 7.98. The highest BCUT2D eigenvalue weighted by Gasteiger charge is 2.34. The van der Waals surface area contributed by atoms with Crippen molar-refractivity contribution in [3.63, 3.8) is 0 Å². The number of carbonyl (C=O) groups excluding carboxylic acids is 1. The van der Waals surface area contributed by atoms with Crippen LogP contribution in [-0.4, -0.2) is 45.5 Å². The summed E-state index contributed by atoms with van der Waals surface area (Å²) >= 11 is 0. The fourth-order valence-corrected chi connectivity index (χ4v) is 4.14. The molecule has 1 atom stereocenters. The molecule has 134 valence electrons. The quantitative estimate of drug-likeness (QED) is 0.732. The molecule has 0 aliphatic carbocycles. The minimum atomic E-state index is -3.61. The minimum Gasteiger partial charge on any atom is -0.497 e. The average molecular weight is 355 g/mol. The number of rotatable bonds is 6. The van der Waals surface area contributed by atoms with Crippen LogP contribution in [0.2, 0.25) is 0 Å². The van der Waals surface area contributed by atoms with E-state index in [2.05, 4.69) is 0 Å². The zero-order chi connectivity index (χ0) is 17.7. The van der Waals surface area contributed by atoms with E-state index in [0.29, 0.717) is 31.7 Å². The normalized spacial score (nSPS) is 19.2. The first-order valence-corrected chi connectivity index (χ1v) is 9.59. The maximum atomic E-state index is 12.8. The smallest absolute Gasteiger partial charge is 0.310 e. The molecular formula is C17H25NO5S. The molecule has 1 aromatic carbocycles. The van der Waals surface area contributed by atoms with Gasteiger partial charge in [-0.3, -0.25) is 4.79 Å². The summed E-state index contributed by atoms with van der Waals surface area (Å²) in [6.45, 7) is 4.89. The molecule has 1 fully saturated rings. The molecule has 0 bridgehead atoms. The van der Waals surface area contributed by atoms with Gasteiger partial charge in [-0.25, -0.2) is 8.42 Å². The largest absolute Gasteiger partial charge is 0.497 e. The number of sulfonamides is 1. The van der Waals surface area contributed by atoms with Gasteiger partial charge >= 0.3 is 5.97 Å². The molecule has 0 aromatic heterocycles. The van der Waals surface area contributed by atoms with Gasteiger partial charge in [-0.15, -0.1) is 0 Å². The van der Waals surface area contributed by atoms with Crippen LogP contribution in [0.1, 0.15) is 26.7 Å². The van der Waals surface area contributed by atoms with Crippen molar-refractivity contribution in [3.8, 4) is 5.75 Å². The van der Waals surface area contributed by atoms with Crippen LogP contribution in [0.3, 0.4) is 0 Å². The summed E-state index contributed by atoms with van der Waals surface area (Å²) in [5, 5.41) is 0. The molecule has 2 rings (SSSR count). The maximum Gasteiger partial charge on any atom is 0.310 e. The predicted molar refractivity (Wildman–Crippen MR) is 90.3 cm³/mol. The Morgan fingerprint density at radius 2 is 1.96 bits per heavy atom. The number of esters is 1. The van der Waals surface area contributed by atoms with Gasteiger partial charge < -0.3 is 9.47 Å². The molecule has 1 heterocycles. The number of hydrogen-bond donors (Lipinski definition) is 0. The van der Waals surface area contributed by atoms with Crippen molar-refractivity contribution in [1.82, 2.24) is 4.31 Å². The zero-order valence-electron chi connectivity index (χ0n) is 14.4. The van der Waals surface area contributed by atoms with Gasteiger partial charge in [0.2, 0.25) is 10.0 Å². The third kappa shape index (κ3) is 4.48. The molecule has 1 aromatic rings. The highest BCUT2D eigenvalue weighted by Crippen LogP contribution is 2.25. The molecular weight excluding hydrogens is 330 g/mol. The number of benzene rings is 1. The van der Waals surface area contributed by atoms with Crippen LogP contribution in [0, 0.1) is 11.8 Å². The molecule has 0 N–H and O–H groups in total. The number of hydrogen-bond acceptors (Lipinski definition) is 5. The standard InChI is InChI=1S/C17H25NO5S/c1-13(2)12-23-17(19)14-5-4-10-18(11-14)24(20,21)16-8-6-15(22-3)7-9-16/h6-9,13-14H,4-5,10-12H2,1-3H3. The van der Waals surface area contributed by atoms with E-state index in [-0.39, 0.29) is 23.3 Å². The fourth-order valence-electron chi connectivity index (χ4n) is 2.62. The van der Waals surface area contributed by atoms with Crippen LogP contribution in [0.5, 0.6) is 5.75 Å². The van der Waals surface area contributed by atoms with Crippen molar-refractivity contribution in [2.45, 2.75) is 31.6 Å². The maximum absolute atomic E-state index is 12.8. The first-order chi connectivity index (χ1) is 11.3. The molecule has 0 spiro atoms. The van der Waals surface area contributed by atoms with Crippen LogP contribution in [0.25, 0.3) is 0 Å². The number of methoxy groups -OCH3 is 1. The second-order valence-electron chi connectivity index (χ2n) is 6.40. The molecule has 1 saturated heterocycles. The lowest BCUT2D eigenvalue weighted by molar-refractivity contribution is -0.150. The summed E-state index contributed by atoms with van der Waals surface area (Å²) in [6, 6.07) is 6.28. The van der Waals surface area contributed by atoms with E-state index in [0.717, 1.165) is 0 Å².